The van der Waals surface area contributed by atoms with Crippen LogP contribution in [0.15, 0.2) is 3.98 Å². The molecule has 0 aromatic heterocycles. The van der Waals surface area contributed by atoms with E-state index in [2.05, 4.69) is 3.98 Å². The minimum absolute atomic E-state index is 0.883. The summed E-state index contributed by atoms with van der Waals surface area (Å²) in [5.74, 6) is 0. The maximum Gasteiger partial charge on any atom is 0.855 e. The molecule has 0 spiro atoms. The van der Waals surface area contributed by atoms with Gasteiger partial charge in [-0.2, -0.15) is 0 Å². The van der Waals surface area contributed by atoms with E-state index in [1.54, 1.807) is 0 Å². The normalized spacial score (nSPS) is 18.2. The first kappa shape index (κ1) is 4.65. The topological polar surface area (TPSA) is 47.6 Å². The second kappa shape index (κ2) is 1.54. The van der Waals surface area contributed by atoms with Crippen LogP contribution in [0.2, 0.25) is 0 Å². The predicted octanol–water partition coefficient (Wildman–Crippen LogP) is -2.05. The molecule has 0 atom stereocenters. The van der Waals surface area contributed by atoms with Gasteiger partial charge in [-0.25, -0.2) is 0 Å². The molecule has 2 N–H and O–H groups in total. The molecule has 6 heavy (non-hydrogen) atoms. The molecule has 0 unspecified atom stereocenters. The molecule has 0 saturated carbocycles. The van der Waals surface area contributed by atoms with Crippen molar-refractivity contribution < 1.29 is 3.79 Å². The van der Waals surface area contributed by atoms with Crippen molar-refractivity contribution >= 4 is 36.0 Å². The van der Waals surface area contributed by atoms with Crippen molar-refractivity contribution in [2.24, 2.45) is 8.69 Å². The third-order valence-corrected chi connectivity index (χ3v) is 3.28. The van der Waals surface area contributed by atoms with Crippen molar-refractivity contribution in [2.45, 2.75) is 0 Å². The van der Waals surface area contributed by atoms with Gasteiger partial charge in [0.1, 0.15) is 0 Å². The highest BCUT2D eigenvalue weighted by Gasteiger charge is 2.28. The van der Waals surface area contributed by atoms with E-state index in [9.17, 15) is 0 Å². The second-order valence-electron chi connectivity index (χ2n) is 1.16. The van der Waals surface area contributed by atoms with E-state index in [4.69, 9.17) is 8.51 Å². The van der Waals surface area contributed by atoms with Gasteiger partial charge in [0.15, 0.2) is 0 Å². The Morgan fingerprint density at radius 2 is 2.50 bits per heavy atom. The van der Waals surface area contributed by atoms with E-state index in [1.807, 2.05) is 0 Å². The summed E-state index contributed by atoms with van der Waals surface area (Å²) in [6.45, 7) is 0. The fourth-order valence-corrected chi connectivity index (χ4v) is 2.57. The maximum atomic E-state index is 5.22. The number of hydrogen-bond acceptors (Lipinski definition) is 3. The number of hydrogen-bond donors (Lipinski definition) is 1. The smallest absolute Gasteiger partial charge is 0.619 e. The molecule has 0 bridgehead atoms. The van der Waals surface area contributed by atoms with Gasteiger partial charge in [0.2, 0.25) is 0 Å². The molecule has 0 aromatic rings. The number of rotatable bonds is 0. The SMILES string of the molecule is [NH2][Al]1[N]=[C]([AlH2])[O]1. The minimum Gasteiger partial charge on any atom is -0.619 e. The Bertz CT molecular complexity index is 91.5. The summed E-state index contributed by atoms with van der Waals surface area (Å²) in [4.78, 5) is 0. The third kappa shape index (κ3) is 0.761. The van der Waals surface area contributed by atoms with Gasteiger partial charge in [-0.05, 0) is 0 Å². The second-order valence-corrected chi connectivity index (χ2v) is 3.29. The van der Waals surface area contributed by atoms with Crippen molar-refractivity contribution in [3.05, 3.63) is 0 Å². The van der Waals surface area contributed by atoms with Crippen LogP contribution < -0.4 is 4.72 Å². The quantitative estimate of drug-likeness (QED) is 0.368. The molecule has 0 aromatic carbocycles. The van der Waals surface area contributed by atoms with Gasteiger partial charge in [-0.15, -0.1) is 0 Å². The van der Waals surface area contributed by atoms with Crippen LogP contribution in [0, 0.1) is 0 Å². The highest BCUT2D eigenvalue weighted by molar-refractivity contribution is 6.71. The van der Waals surface area contributed by atoms with Crippen LogP contribution >= 0.6 is 0 Å². The summed E-state index contributed by atoms with van der Waals surface area (Å²) in [5, 5.41) is 0. The Kier molecular flexibility index (Phi) is 1.19. The Balaban J connectivity index is 2.46. The lowest BCUT2D eigenvalue weighted by Gasteiger charge is -2.16. The molecule has 1 heterocycles. The van der Waals surface area contributed by atoms with Crippen LogP contribution in [0.4, 0.5) is 0 Å². The van der Waals surface area contributed by atoms with E-state index in [0.29, 0.717) is 0 Å². The zero-order valence-electron chi connectivity index (χ0n) is 3.51. The molecule has 0 radical (unpaired) electrons. The van der Waals surface area contributed by atoms with Gasteiger partial charge in [-0.3, -0.25) is 0 Å². The van der Waals surface area contributed by atoms with E-state index in [1.165, 1.54) is 0 Å². The van der Waals surface area contributed by atoms with E-state index >= 15 is 0 Å². The van der Waals surface area contributed by atoms with Crippen molar-refractivity contribution in [3.63, 3.8) is 0 Å². The largest absolute Gasteiger partial charge is 0.855 e. The molecule has 1 aliphatic heterocycles. The third-order valence-electron chi connectivity index (χ3n) is 0.600. The molecule has 30 valence electrons. The summed E-state index contributed by atoms with van der Waals surface area (Å²) < 4.78 is 14.9. The Morgan fingerprint density at radius 3 is 2.50 bits per heavy atom. The number of nitrogens with zero attached hydrogens (tertiary/aromatic N) is 1. The van der Waals surface area contributed by atoms with Crippen molar-refractivity contribution in [3.8, 4) is 0 Å². The first-order chi connectivity index (χ1) is 2.79. The summed E-state index contributed by atoms with van der Waals surface area (Å²) >= 11 is -0.477. The van der Waals surface area contributed by atoms with Gasteiger partial charge in [0.25, 0.3) is 0 Å². The van der Waals surface area contributed by atoms with Crippen molar-refractivity contribution in [1.82, 2.24) is 0 Å². The molecule has 1 aliphatic rings. The molecule has 0 aliphatic carbocycles. The highest BCUT2D eigenvalue weighted by atomic mass is 27.2. The average molecular weight is 114 g/mol. The molecule has 1 rings (SSSR count). The minimum atomic E-state index is -1.40. The molecule has 3 nitrogen and oxygen atoms in total. The van der Waals surface area contributed by atoms with Gasteiger partial charge < -0.3 is 12.5 Å². The molecule has 0 saturated heterocycles. The summed E-state index contributed by atoms with van der Waals surface area (Å²) in [6, 6.07) is 0. The average Bonchev–Trinajstić information content (AvgIpc) is 1.33. The van der Waals surface area contributed by atoms with Crippen molar-refractivity contribution in [1.29, 1.82) is 0 Å². The van der Waals surface area contributed by atoms with Gasteiger partial charge in [0.05, 0.1) is 0 Å². The standard InChI is InChI=1S/CNO.2Al.H2N.2H/c2-1-3;;;;;/h;;;1H2;;/q-2;;+3;-1;;. The van der Waals surface area contributed by atoms with Crippen LogP contribution in [0.1, 0.15) is 0 Å². The lowest BCUT2D eigenvalue weighted by atomic mass is 11.5. The molecule has 0 fully saturated rings. The van der Waals surface area contributed by atoms with Crippen LogP contribution in [-0.2, 0) is 3.79 Å². The first-order valence-electron chi connectivity index (χ1n) is 1.75. The Morgan fingerprint density at radius 1 is 2.00 bits per heavy atom. The summed E-state index contributed by atoms with van der Waals surface area (Å²) in [7, 11) is 0. The maximum absolute atomic E-state index is 5.22. The molecule has 5 heteroatoms. The van der Waals surface area contributed by atoms with E-state index in [-0.39, 0.29) is 0 Å². The van der Waals surface area contributed by atoms with Crippen LogP contribution in [0.25, 0.3) is 0 Å². The highest BCUT2D eigenvalue weighted by Crippen LogP contribution is 1.91. The Hall–Kier alpha value is 0.495. The van der Waals surface area contributed by atoms with E-state index < -0.39 is 14.9 Å². The number of nitrogens with two attached hydrogens (primary N) is 1. The fourth-order valence-electron chi connectivity index (χ4n) is 0.362. The van der Waals surface area contributed by atoms with Gasteiger partial charge in [0, 0.05) is 4.76 Å². The lowest BCUT2D eigenvalue weighted by Crippen LogP contribution is -2.40. The van der Waals surface area contributed by atoms with Crippen LogP contribution in [0.5, 0.6) is 0 Å². The zero-order chi connectivity index (χ0) is 4.57. The first-order valence-corrected chi connectivity index (χ1v) is 4.41. The molecular weight excluding hydrogens is 110 g/mol. The summed E-state index contributed by atoms with van der Waals surface area (Å²) in [6.07, 6.45) is 0. The zero-order valence-corrected chi connectivity index (χ0v) is 6.66. The van der Waals surface area contributed by atoms with Crippen molar-refractivity contribution in [2.75, 3.05) is 0 Å². The van der Waals surface area contributed by atoms with Gasteiger partial charge >= 0.3 is 31.2 Å². The van der Waals surface area contributed by atoms with Gasteiger partial charge in [-0.1, -0.05) is 0 Å². The van der Waals surface area contributed by atoms with Crippen LogP contribution in [0.3, 0.4) is 0 Å². The van der Waals surface area contributed by atoms with E-state index in [0.717, 1.165) is 21.0 Å². The molecular formula is CH4Al2N2O. The fraction of sp³-hybridized carbons (Fsp3) is 0. The summed E-state index contributed by atoms with van der Waals surface area (Å²) in [5.41, 5.74) is 0. The lowest BCUT2D eigenvalue weighted by molar-refractivity contribution is 0.542. The van der Waals surface area contributed by atoms with Crippen LogP contribution in [-0.4, -0.2) is 36.0 Å². The Labute approximate surface area is 48.8 Å². The molecule has 0 amide bonds. The predicted molar refractivity (Wildman–Crippen MR) is 27.0 cm³/mol. The monoisotopic (exact) mass is 114 g/mol.